The van der Waals surface area contributed by atoms with Crippen LogP contribution in [0.4, 0.5) is 5.00 Å². The Labute approximate surface area is 152 Å². The Morgan fingerprint density at radius 3 is 2.56 bits per heavy atom. The van der Waals surface area contributed by atoms with Gasteiger partial charge in [-0.25, -0.2) is 0 Å². The summed E-state index contributed by atoms with van der Waals surface area (Å²) in [7, 11) is 0. The Morgan fingerprint density at radius 1 is 1.32 bits per heavy atom. The Bertz CT molecular complexity index is 782. The van der Waals surface area contributed by atoms with Gasteiger partial charge in [-0.1, -0.05) is 27.7 Å². The van der Waals surface area contributed by atoms with Crippen LogP contribution in [-0.4, -0.2) is 16.1 Å². The zero-order valence-electron chi connectivity index (χ0n) is 15.3. The van der Waals surface area contributed by atoms with Gasteiger partial charge in [0.1, 0.15) is 11.1 Å². The van der Waals surface area contributed by atoms with Crippen LogP contribution in [0.5, 0.6) is 0 Å². The van der Waals surface area contributed by atoms with Crippen LogP contribution in [0.15, 0.2) is 4.42 Å². The van der Waals surface area contributed by atoms with E-state index in [2.05, 4.69) is 35.4 Å². The lowest BCUT2D eigenvalue weighted by molar-refractivity contribution is -0.120. The van der Waals surface area contributed by atoms with E-state index in [1.807, 2.05) is 20.8 Å². The maximum absolute atomic E-state index is 12.4. The van der Waals surface area contributed by atoms with E-state index in [4.69, 9.17) is 4.42 Å². The van der Waals surface area contributed by atoms with Gasteiger partial charge in [-0.15, -0.1) is 21.5 Å². The smallest absolute Gasteiger partial charge is 0.258 e. The van der Waals surface area contributed by atoms with Crippen molar-refractivity contribution in [2.75, 3.05) is 5.32 Å². The number of nitrogens with one attached hydrogen (secondary N) is 1. The third-order valence-corrected chi connectivity index (χ3v) is 5.29. The summed E-state index contributed by atoms with van der Waals surface area (Å²) in [5, 5.41) is 21.1. The minimum atomic E-state index is -0.0570. The van der Waals surface area contributed by atoms with Gasteiger partial charge in [-0.05, 0) is 31.2 Å². The Balaban J connectivity index is 2.33. The van der Waals surface area contributed by atoms with E-state index in [0.717, 1.165) is 23.3 Å². The van der Waals surface area contributed by atoms with Crippen molar-refractivity contribution in [3.05, 3.63) is 17.0 Å². The first-order valence-electron chi connectivity index (χ1n) is 8.58. The molecule has 0 bridgehead atoms. The SMILES string of the molecule is CCC(CC)C(=O)Nc1sc(-c2nnc(CC(C)C)o2)c(C)c1C#N. The van der Waals surface area contributed by atoms with Crippen molar-refractivity contribution in [1.82, 2.24) is 10.2 Å². The van der Waals surface area contributed by atoms with Crippen molar-refractivity contribution in [1.29, 1.82) is 5.26 Å². The van der Waals surface area contributed by atoms with E-state index in [-0.39, 0.29) is 11.8 Å². The molecule has 7 heteroatoms. The summed E-state index contributed by atoms with van der Waals surface area (Å²) in [6.45, 7) is 9.97. The number of hydrogen-bond donors (Lipinski definition) is 1. The molecule has 25 heavy (non-hydrogen) atoms. The molecule has 0 spiro atoms. The third-order valence-electron chi connectivity index (χ3n) is 4.10. The average molecular weight is 360 g/mol. The molecule has 2 aromatic heterocycles. The topological polar surface area (TPSA) is 91.8 Å². The second-order valence-corrected chi connectivity index (χ2v) is 7.49. The summed E-state index contributed by atoms with van der Waals surface area (Å²) < 4.78 is 5.74. The molecule has 1 N–H and O–H groups in total. The largest absolute Gasteiger partial charge is 0.420 e. The van der Waals surface area contributed by atoms with Gasteiger partial charge in [-0.3, -0.25) is 4.79 Å². The first-order chi connectivity index (χ1) is 11.9. The van der Waals surface area contributed by atoms with Crippen molar-refractivity contribution in [2.24, 2.45) is 11.8 Å². The fourth-order valence-corrected chi connectivity index (χ4v) is 3.67. The second kappa shape index (κ2) is 8.26. The molecular weight excluding hydrogens is 336 g/mol. The number of rotatable bonds is 7. The first kappa shape index (κ1) is 19.1. The maximum Gasteiger partial charge on any atom is 0.258 e. The number of thiophene rings is 1. The molecule has 0 saturated heterocycles. The fourth-order valence-electron chi connectivity index (χ4n) is 2.59. The highest BCUT2D eigenvalue weighted by Gasteiger charge is 2.23. The molecule has 0 atom stereocenters. The van der Waals surface area contributed by atoms with Gasteiger partial charge >= 0.3 is 0 Å². The van der Waals surface area contributed by atoms with Crippen LogP contribution in [0.25, 0.3) is 10.8 Å². The van der Waals surface area contributed by atoms with Crippen molar-refractivity contribution >= 4 is 22.2 Å². The van der Waals surface area contributed by atoms with Gasteiger partial charge < -0.3 is 9.73 Å². The number of aromatic nitrogens is 2. The van der Waals surface area contributed by atoms with Gasteiger partial charge in [0.2, 0.25) is 11.8 Å². The molecule has 2 aromatic rings. The third kappa shape index (κ3) is 4.26. The van der Waals surface area contributed by atoms with E-state index in [1.165, 1.54) is 11.3 Å². The number of nitrogens with zero attached hydrogens (tertiary/aromatic N) is 3. The number of anilines is 1. The summed E-state index contributed by atoms with van der Waals surface area (Å²) in [6.07, 6.45) is 2.24. The van der Waals surface area contributed by atoms with Gasteiger partial charge in [0.05, 0.1) is 10.4 Å². The van der Waals surface area contributed by atoms with E-state index in [1.54, 1.807) is 0 Å². The highest BCUT2D eigenvalue weighted by atomic mass is 32.1. The molecular formula is C18H24N4O2S. The maximum atomic E-state index is 12.4. The quantitative estimate of drug-likeness (QED) is 0.782. The predicted molar refractivity (Wildman–Crippen MR) is 98.3 cm³/mol. The monoisotopic (exact) mass is 360 g/mol. The molecule has 2 rings (SSSR count). The average Bonchev–Trinajstić information content (AvgIpc) is 3.12. The second-order valence-electron chi connectivity index (χ2n) is 6.47. The molecule has 0 fully saturated rings. The highest BCUT2D eigenvalue weighted by molar-refractivity contribution is 7.20. The lowest BCUT2D eigenvalue weighted by Gasteiger charge is -2.11. The van der Waals surface area contributed by atoms with Gasteiger partial charge in [-0.2, -0.15) is 5.26 Å². The van der Waals surface area contributed by atoms with Crippen molar-refractivity contribution in [3.63, 3.8) is 0 Å². The van der Waals surface area contributed by atoms with E-state index in [0.29, 0.717) is 34.7 Å². The van der Waals surface area contributed by atoms with Crippen molar-refractivity contribution in [2.45, 2.75) is 53.9 Å². The van der Waals surface area contributed by atoms with Crippen molar-refractivity contribution in [3.8, 4) is 16.8 Å². The summed E-state index contributed by atoms with van der Waals surface area (Å²) in [5.41, 5.74) is 1.22. The van der Waals surface area contributed by atoms with Crippen LogP contribution in [-0.2, 0) is 11.2 Å². The molecule has 6 nitrogen and oxygen atoms in total. The van der Waals surface area contributed by atoms with Crippen LogP contribution < -0.4 is 5.32 Å². The molecule has 0 aliphatic rings. The molecule has 0 aromatic carbocycles. The van der Waals surface area contributed by atoms with E-state index in [9.17, 15) is 10.1 Å². The Hall–Kier alpha value is -2.20. The van der Waals surface area contributed by atoms with Crippen LogP contribution in [0.1, 0.15) is 57.6 Å². The molecule has 2 heterocycles. The van der Waals surface area contributed by atoms with Gasteiger partial charge in [0.25, 0.3) is 5.89 Å². The summed E-state index contributed by atoms with van der Waals surface area (Å²) >= 11 is 1.31. The van der Waals surface area contributed by atoms with E-state index < -0.39 is 0 Å². The molecule has 134 valence electrons. The fraction of sp³-hybridized carbons (Fsp3) is 0.556. The zero-order chi connectivity index (χ0) is 18.6. The summed E-state index contributed by atoms with van der Waals surface area (Å²) in [6, 6.07) is 2.18. The lowest BCUT2D eigenvalue weighted by atomic mass is 10.0. The van der Waals surface area contributed by atoms with Gasteiger partial charge in [0, 0.05) is 12.3 Å². The van der Waals surface area contributed by atoms with Gasteiger partial charge in [0.15, 0.2) is 0 Å². The van der Waals surface area contributed by atoms with E-state index >= 15 is 0 Å². The molecule has 0 aliphatic heterocycles. The number of amides is 1. The minimum Gasteiger partial charge on any atom is -0.420 e. The number of carbonyl (C=O) groups is 1. The van der Waals surface area contributed by atoms with Crippen LogP contribution in [0.2, 0.25) is 0 Å². The van der Waals surface area contributed by atoms with Crippen LogP contribution in [0.3, 0.4) is 0 Å². The van der Waals surface area contributed by atoms with Crippen molar-refractivity contribution < 1.29 is 9.21 Å². The normalized spacial score (nSPS) is 11.1. The predicted octanol–water partition coefficient (Wildman–Crippen LogP) is 4.55. The molecule has 0 aliphatic carbocycles. The molecule has 1 amide bonds. The van der Waals surface area contributed by atoms with Crippen LogP contribution >= 0.6 is 11.3 Å². The number of hydrogen-bond acceptors (Lipinski definition) is 6. The summed E-state index contributed by atoms with van der Waals surface area (Å²) in [5.74, 6) is 1.29. The van der Waals surface area contributed by atoms with Crippen LogP contribution in [0, 0.1) is 30.1 Å². The molecule has 0 unspecified atom stereocenters. The minimum absolute atomic E-state index is 0.0553. The summed E-state index contributed by atoms with van der Waals surface area (Å²) in [4.78, 5) is 13.1. The standard InChI is InChI=1S/C18H24N4O2S/c1-6-12(7-2)16(23)20-18-13(9-19)11(5)15(25-18)17-22-21-14(24-17)8-10(3)4/h10,12H,6-8H2,1-5H3,(H,20,23). The molecule has 0 saturated carbocycles. The Kier molecular flexibility index (Phi) is 6.32. The lowest BCUT2D eigenvalue weighted by Crippen LogP contribution is -2.21. The highest BCUT2D eigenvalue weighted by Crippen LogP contribution is 2.39. The zero-order valence-corrected chi connectivity index (χ0v) is 16.2. The number of nitriles is 1. The molecule has 0 radical (unpaired) electrons. The Morgan fingerprint density at radius 2 is 2.00 bits per heavy atom. The number of carbonyl (C=O) groups excluding carboxylic acids is 1. The first-order valence-corrected chi connectivity index (χ1v) is 9.39.